The number of carbonyl (C=O) groups excluding carboxylic acids is 1. The summed E-state index contributed by atoms with van der Waals surface area (Å²) in [5, 5.41) is 0. The van der Waals surface area contributed by atoms with Crippen LogP contribution in [0.4, 0.5) is 0 Å². The summed E-state index contributed by atoms with van der Waals surface area (Å²) in [4.78, 5) is 11.6. The van der Waals surface area contributed by atoms with Gasteiger partial charge in [-0.3, -0.25) is 4.79 Å². The van der Waals surface area contributed by atoms with E-state index in [1.807, 2.05) is 19.1 Å². The minimum Gasteiger partial charge on any atom is -0.379 e. The quantitative estimate of drug-likeness (QED) is 0.848. The average Bonchev–Trinajstić information content (AvgIpc) is 2.23. The number of hydrogen-bond acceptors (Lipinski definition) is 2. The molecule has 0 N–H and O–H groups in total. The van der Waals surface area contributed by atoms with Crippen molar-refractivity contribution in [2.45, 2.75) is 25.2 Å². The second-order valence-electron chi connectivity index (χ2n) is 4.35. The number of Topliss-reactive ketones (excluding diaryl/α,β-unsaturated/α-hetero) is 1. The molecule has 0 aromatic heterocycles. The second-order valence-corrected chi connectivity index (χ2v) is 5.27. The highest BCUT2D eigenvalue weighted by Gasteiger charge is 2.41. The van der Waals surface area contributed by atoms with Crippen LogP contribution in [-0.2, 0) is 14.9 Å². The normalized spacial score (nSPS) is 17.9. The lowest BCUT2D eigenvalue weighted by Crippen LogP contribution is -2.48. The highest BCUT2D eigenvalue weighted by atomic mass is 79.9. The Kier molecular flexibility index (Phi) is 3.45. The number of hydrogen-bond donors (Lipinski definition) is 0. The molecule has 1 heterocycles. The Morgan fingerprint density at radius 1 is 1.50 bits per heavy atom. The zero-order chi connectivity index (χ0) is 11.6. The monoisotopic (exact) mass is 282 g/mol. The van der Waals surface area contributed by atoms with Crippen molar-refractivity contribution < 1.29 is 9.53 Å². The first-order valence-corrected chi connectivity index (χ1v) is 6.31. The van der Waals surface area contributed by atoms with E-state index in [0.29, 0.717) is 31.8 Å². The predicted molar refractivity (Wildman–Crippen MR) is 66.6 cm³/mol. The van der Waals surface area contributed by atoms with E-state index in [1.165, 1.54) is 5.56 Å². The van der Waals surface area contributed by atoms with Gasteiger partial charge in [0.1, 0.15) is 5.78 Å². The smallest absolute Gasteiger partial charge is 0.133 e. The number of ketones is 1. The van der Waals surface area contributed by atoms with E-state index in [-0.39, 0.29) is 5.41 Å². The molecular formula is C13H15BrO2. The molecule has 3 heteroatoms. The van der Waals surface area contributed by atoms with Crippen molar-refractivity contribution in [2.75, 3.05) is 13.2 Å². The fourth-order valence-electron chi connectivity index (χ4n) is 2.04. The molecule has 0 radical (unpaired) electrons. The lowest BCUT2D eigenvalue weighted by atomic mass is 9.74. The van der Waals surface area contributed by atoms with Crippen LogP contribution < -0.4 is 0 Å². The van der Waals surface area contributed by atoms with E-state index >= 15 is 0 Å². The van der Waals surface area contributed by atoms with E-state index in [0.717, 1.165) is 4.47 Å². The van der Waals surface area contributed by atoms with Crippen LogP contribution in [-0.4, -0.2) is 19.0 Å². The van der Waals surface area contributed by atoms with Crippen LogP contribution >= 0.6 is 15.9 Å². The van der Waals surface area contributed by atoms with E-state index in [4.69, 9.17) is 4.74 Å². The lowest BCUT2D eigenvalue weighted by Gasteiger charge is -2.41. The zero-order valence-electron chi connectivity index (χ0n) is 9.33. The molecule has 0 bridgehead atoms. The van der Waals surface area contributed by atoms with Gasteiger partial charge in [-0.1, -0.05) is 35.0 Å². The Labute approximate surface area is 104 Å². The van der Waals surface area contributed by atoms with E-state index in [2.05, 4.69) is 28.1 Å². The molecule has 2 rings (SSSR count). The fraction of sp³-hybridized carbons (Fsp3) is 0.462. The van der Waals surface area contributed by atoms with Crippen LogP contribution in [0, 0.1) is 0 Å². The third-order valence-electron chi connectivity index (χ3n) is 3.12. The summed E-state index contributed by atoms with van der Waals surface area (Å²) in [7, 11) is 0. The number of halogens is 1. The molecule has 1 saturated heterocycles. The summed E-state index contributed by atoms with van der Waals surface area (Å²) < 4.78 is 6.37. The first-order valence-electron chi connectivity index (χ1n) is 5.52. The van der Waals surface area contributed by atoms with Gasteiger partial charge in [-0.15, -0.1) is 0 Å². The van der Waals surface area contributed by atoms with E-state index in [9.17, 15) is 4.79 Å². The molecule has 0 amide bonds. The Hall–Kier alpha value is -0.670. The van der Waals surface area contributed by atoms with Gasteiger partial charge in [0, 0.05) is 22.7 Å². The van der Waals surface area contributed by atoms with Gasteiger partial charge in [0.05, 0.1) is 13.2 Å². The maximum Gasteiger partial charge on any atom is 0.133 e. The van der Waals surface area contributed by atoms with Crippen LogP contribution in [0.2, 0.25) is 0 Å². The maximum atomic E-state index is 11.6. The van der Waals surface area contributed by atoms with Crippen molar-refractivity contribution in [3.05, 3.63) is 34.3 Å². The molecule has 0 spiro atoms. The molecule has 0 atom stereocenters. The van der Waals surface area contributed by atoms with Gasteiger partial charge in [-0.2, -0.15) is 0 Å². The molecule has 1 fully saturated rings. The lowest BCUT2D eigenvalue weighted by molar-refractivity contribution is -0.127. The molecule has 0 saturated carbocycles. The van der Waals surface area contributed by atoms with Gasteiger partial charge in [0.15, 0.2) is 0 Å². The van der Waals surface area contributed by atoms with Gasteiger partial charge >= 0.3 is 0 Å². The van der Waals surface area contributed by atoms with Crippen molar-refractivity contribution in [1.29, 1.82) is 0 Å². The first-order chi connectivity index (χ1) is 7.66. The van der Waals surface area contributed by atoms with Crippen LogP contribution in [0.15, 0.2) is 28.7 Å². The molecule has 1 aliphatic heterocycles. The highest BCUT2D eigenvalue weighted by molar-refractivity contribution is 9.10. The summed E-state index contributed by atoms with van der Waals surface area (Å²) in [6.45, 7) is 3.24. The van der Waals surface area contributed by atoms with Crippen LogP contribution in [0.5, 0.6) is 0 Å². The number of ether oxygens (including phenoxy) is 1. The Balaban J connectivity index is 2.24. The maximum absolute atomic E-state index is 11.6. The SMILES string of the molecule is CCC(=O)CC1(c2cccc(Br)c2)COC1. The van der Waals surface area contributed by atoms with E-state index in [1.54, 1.807) is 0 Å². The van der Waals surface area contributed by atoms with Crippen molar-refractivity contribution in [3.63, 3.8) is 0 Å². The second kappa shape index (κ2) is 4.68. The standard InChI is InChI=1S/C13H15BrO2/c1-2-12(15)7-13(8-16-9-13)10-4-3-5-11(14)6-10/h3-6H,2,7-9H2,1H3. The molecule has 2 nitrogen and oxygen atoms in total. The molecule has 1 aliphatic rings. The summed E-state index contributed by atoms with van der Waals surface area (Å²) >= 11 is 3.47. The van der Waals surface area contributed by atoms with Gasteiger partial charge in [0.2, 0.25) is 0 Å². The first kappa shape index (κ1) is 11.8. The summed E-state index contributed by atoms with van der Waals surface area (Å²) in [5.41, 5.74) is 1.13. The van der Waals surface area contributed by atoms with Crippen molar-refractivity contribution >= 4 is 21.7 Å². The number of rotatable bonds is 4. The molecule has 16 heavy (non-hydrogen) atoms. The van der Waals surface area contributed by atoms with Gasteiger partial charge in [-0.05, 0) is 17.7 Å². The van der Waals surface area contributed by atoms with Crippen molar-refractivity contribution in [2.24, 2.45) is 0 Å². The molecule has 1 aromatic carbocycles. The number of benzene rings is 1. The van der Waals surface area contributed by atoms with Crippen LogP contribution in [0.3, 0.4) is 0 Å². The van der Waals surface area contributed by atoms with Crippen LogP contribution in [0.25, 0.3) is 0 Å². The molecule has 0 unspecified atom stereocenters. The van der Waals surface area contributed by atoms with Gasteiger partial charge < -0.3 is 4.74 Å². The summed E-state index contributed by atoms with van der Waals surface area (Å²) in [6, 6.07) is 8.18. The Bertz CT molecular complexity index is 397. The van der Waals surface area contributed by atoms with E-state index < -0.39 is 0 Å². The molecule has 1 aromatic rings. The average molecular weight is 283 g/mol. The fourth-order valence-corrected chi connectivity index (χ4v) is 2.44. The third kappa shape index (κ3) is 2.20. The highest BCUT2D eigenvalue weighted by Crippen LogP contribution is 2.37. The van der Waals surface area contributed by atoms with Crippen molar-refractivity contribution in [3.8, 4) is 0 Å². The predicted octanol–water partition coefficient (Wildman–Crippen LogP) is 3.09. The van der Waals surface area contributed by atoms with Gasteiger partial charge in [0.25, 0.3) is 0 Å². The zero-order valence-corrected chi connectivity index (χ0v) is 10.9. The molecular weight excluding hydrogens is 268 g/mol. The Morgan fingerprint density at radius 3 is 2.75 bits per heavy atom. The summed E-state index contributed by atoms with van der Waals surface area (Å²) in [6.07, 6.45) is 1.20. The minimum absolute atomic E-state index is 0.0725. The molecule has 0 aliphatic carbocycles. The summed E-state index contributed by atoms with van der Waals surface area (Å²) in [5.74, 6) is 0.309. The van der Waals surface area contributed by atoms with Gasteiger partial charge in [-0.25, -0.2) is 0 Å². The minimum atomic E-state index is -0.0725. The molecule has 86 valence electrons. The topological polar surface area (TPSA) is 26.3 Å². The third-order valence-corrected chi connectivity index (χ3v) is 3.62. The largest absolute Gasteiger partial charge is 0.379 e. The Morgan fingerprint density at radius 2 is 2.25 bits per heavy atom. The van der Waals surface area contributed by atoms with Crippen LogP contribution in [0.1, 0.15) is 25.3 Å². The van der Waals surface area contributed by atoms with Crippen molar-refractivity contribution in [1.82, 2.24) is 0 Å². The number of carbonyl (C=O) groups is 1.